The maximum Gasteiger partial charge on any atom is 0.128 e. The van der Waals surface area contributed by atoms with Gasteiger partial charge in [-0.1, -0.05) is 25.1 Å². The first-order valence-corrected chi connectivity index (χ1v) is 7.51. The third-order valence-electron chi connectivity index (χ3n) is 3.07. The molecule has 0 aliphatic heterocycles. The minimum atomic E-state index is 0.409. The number of halogens is 1. The molecule has 0 saturated heterocycles. The zero-order valence-corrected chi connectivity index (χ0v) is 13.3. The van der Waals surface area contributed by atoms with Gasteiger partial charge < -0.3 is 10.1 Å². The lowest BCUT2D eigenvalue weighted by molar-refractivity contribution is 0.481. The van der Waals surface area contributed by atoms with Gasteiger partial charge in [0.2, 0.25) is 0 Å². The Labute approximate surface area is 128 Å². The van der Waals surface area contributed by atoms with E-state index >= 15 is 0 Å². The predicted octanol–water partition coefficient (Wildman–Crippen LogP) is 4.75. The van der Waals surface area contributed by atoms with Gasteiger partial charge >= 0.3 is 0 Å². The van der Waals surface area contributed by atoms with Crippen molar-refractivity contribution >= 4 is 22.6 Å². The third kappa shape index (κ3) is 3.94. The van der Waals surface area contributed by atoms with Crippen molar-refractivity contribution in [2.24, 2.45) is 0 Å². The lowest BCUT2D eigenvalue weighted by Crippen LogP contribution is -2.14. The summed E-state index contributed by atoms with van der Waals surface area (Å²) in [5.74, 6) is 1.75. The average molecular weight is 367 g/mol. The van der Waals surface area contributed by atoms with Gasteiger partial charge in [-0.2, -0.15) is 0 Å². The molecule has 2 aromatic carbocycles. The second-order valence-corrected chi connectivity index (χ2v) is 5.62. The summed E-state index contributed by atoms with van der Waals surface area (Å²) in [7, 11) is 1.99. The van der Waals surface area contributed by atoms with Crippen molar-refractivity contribution < 1.29 is 4.74 Å². The van der Waals surface area contributed by atoms with Crippen LogP contribution in [0.15, 0.2) is 48.5 Å². The zero-order valence-electron chi connectivity index (χ0n) is 11.2. The van der Waals surface area contributed by atoms with E-state index in [2.05, 4.69) is 53.0 Å². The fraction of sp³-hybridized carbons (Fsp3) is 0.250. The molecule has 2 aromatic rings. The quantitative estimate of drug-likeness (QED) is 0.770. The molecule has 1 unspecified atom stereocenters. The Morgan fingerprint density at radius 2 is 1.84 bits per heavy atom. The molecule has 0 fully saturated rings. The first-order valence-electron chi connectivity index (χ1n) is 6.43. The standard InChI is InChI=1S/C16H18INO/c1-3-16(18-2)12-7-9-14(10-8-12)19-15-6-4-5-13(17)11-15/h4-11,16,18H,3H2,1-2H3. The number of ether oxygens (including phenoxy) is 1. The van der Waals surface area contributed by atoms with Crippen LogP contribution in [0.1, 0.15) is 24.9 Å². The van der Waals surface area contributed by atoms with Crippen LogP contribution >= 0.6 is 22.6 Å². The summed E-state index contributed by atoms with van der Waals surface area (Å²) in [6.07, 6.45) is 1.08. The highest BCUT2D eigenvalue weighted by Gasteiger charge is 2.06. The normalized spacial score (nSPS) is 12.2. The predicted molar refractivity (Wildman–Crippen MR) is 87.8 cm³/mol. The minimum absolute atomic E-state index is 0.409. The Bertz CT molecular complexity index is 521. The average Bonchev–Trinajstić information content (AvgIpc) is 2.42. The smallest absolute Gasteiger partial charge is 0.128 e. The van der Waals surface area contributed by atoms with E-state index < -0.39 is 0 Å². The first kappa shape index (κ1) is 14.3. The molecule has 1 atom stereocenters. The highest BCUT2D eigenvalue weighted by Crippen LogP contribution is 2.25. The van der Waals surface area contributed by atoms with E-state index in [1.54, 1.807) is 0 Å². The van der Waals surface area contributed by atoms with Crippen molar-refractivity contribution in [2.45, 2.75) is 19.4 Å². The van der Waals surface area contributed by atoms with E-state index in [1.807, 2.05) is 37.4 Å². The maximum atomic E-state index is 5.84. The Hall–Kier alpha value is -1.07. The van der Waals surface area contributed by atoms with Gasteiger partial charge in [0.1, 0.15) is 11.5 Å². The Kier molecular flexibility index (Phi) is 5.22. The number of benzene rings is 2. The van der Waals surface area contributed by atoms with Crippen LogP contribution in [0.3, 0.4) is 0 Å². The summed E-state index contributed by atoms with van der Waals surface area (Å²) in [4.78, 5) is 0. The van der Waals surface area contributed by atoms with E-state index in [9.17, 15) is 0 Å². The topological polar surface area (TPSA) is 21.3 Å². The number of hydrogen-bond acceptors (Lipinski definition) is 2. The van der Waals surface area contributed by atoms with E-state index in [0.29, 0.717) is 6.04 Å². The molecule has 0 spiro atoms. The van der Waals surface area contributed by atoms with E-state index in [1.165, 1.54) is 9.13 Å². The molecule has 0 aliphatic rings. The van der Waals surface area contributed by atoms with Crippen LogP contribution in [0.4, 0.5) is 0 Å². The van der Waals surface area contributed by atoms with E-state index in [0.717, 1.165) is 17.9 Å². The maximum absolute atomic E-state index is 5.84. The summed E-state index contributed by atoms with van der Waals surface area (Å²) >= 11 is 2.28. The fourth-order valence-electron chi connectivity index (χ4n) is 2.04. The number of nitrogens with one attached hydrogen (secondary N) is 1. The zero-order chi connectivity index (χ0) is 13.7. The minimum Gasteiger partial charge on any atom is -0.457 e. The second-order valence-electron chi connectivity index (χ2n) is 4.38. The lowest BCUT2D eigenvalue weighted by atomic mass is 10.0. The molecule has 0 heterocycles. The van der Waals surface area contributed by atoms with Crippen molar-refractivity contribution in [3.63, 3.8) is 0 Å². The van der Waals surface area contributed by atoms with E-state index in [-0.39, 0.29) is 0 Å². The molecule has 100 valence electrons. The summed E-state index contributed by atoms with van der Waals surface area (Å²) in [6.45, 7) is 2.18. The molecule has 0 radical (unpaired) electrons. The van der Waals surface area contributed by atoms with Gasteiger partial charge in [0, 0.05) is 9.61 Å². The van der Waals surface area contributed by atoms with Gasteiger partial charge in [-0.05, 0) is 72.0 Å². The van der Waals surface area contributed by atoms with Gasteiger partial charge in [0.05, 0.1) is 0 Å². The van der Waals surface area contributed by atoms with Gasteiger partial charge in [-0.15, -0.1) is 0 Å². The molecule has 19 heavy (non-hydrogen) atoms. The molecule has 0 aromatic heterocycles. The van der Waals surface area contributed by atoms with Gasteiger partial charge in [0.25, 0.3) is 0 Å². The highest BCUT2D eigenvalue weighted by molar-refractivity contribution is 14.1. The molecular weight excluding hydrogens is 349 g/mol. The lowest BCUT2D eigenvalue weighted by Gasteiger charge is -2.14. The summed E-state index contributed by atoms with van der Waals surface area (Å²) in [6, 6.07) is 16.7. The first-order chi connectivity index (χ1) is 9.22. The van der Waals surface area contributed by atoms with Crippen molar-refractivity contribution in [3.8, 4) is 11.5 Å². The van der Waals surface area contributed by atoms with Gasteiger partial charge in [-0.25, -0.2) is 0 Å². The Balaban J connectivity index is 2.10. The van der Waals surface area contributed by atoms with Crippen LogP contribution < -0.4 is 10.1 Å². The molecule has 0 aliphatic carbocycles. The van der Waals surface area contributed by atoms with Crippen molar-refractivity contribution in [1.82, 2.24) is 5.32 Å². The molecular formula is C16H18INO. The van der Waals surface area contributed by atoms with Crippen LogP contribution in [0.5, 0.6) is 11.5 Å². The summed E-state index contributed by atoms with van der Waals surface area (Å²) < 4.78 is 7.01. The van der Waals surface area contributed by atoms with Crippen molar-refractivity contribution in [2.75, 3.05) is 7.05 Å². The Morgan fingerprint density at radius 3 is 2.42 bits per heavy atom. The third-order valence-corrected chi connectivity index (χ3v) is 3.74. The fourth-order valence-corrected chi connectivity index (χ4v) is 2.56. The largest absolute Gasteiger partial charge is 0.457 e. The van der Waals surface area contributed by atoms with Crippen molar-refractivity contribution in [3.05, 3.63) is 57.7 Å². The monoisotopic (exact) mass is 367 g/mol. The summed E-state index contributed by atoms with van der Waals surface area (Å²) in [5.41, 5.74) is 1.29. The number of rotatable bonds is 5. The van der Waals surface area contributed by atoms with Gasteiger partial charge in [0.15, 0.2) is 0 Å². The summed E-state index contributed by atoms with van der Waals surface area (Å²) in [5, 5.41) is 3.30. The molecule has 0 amide bonds. The molecule has 0 saturated carbocycles. The molecule has 3 heteroatoms. The van der Waals surface area contributed by atoms with Crippen LogP contribution in [-0.4, -0.2) is 7.05 Å². The molecule has 2 nitrogen and oxygen atoms in total. The SMILES string of the molecule is CCC(NC)c1ccc(Oc2cccc(I)c2)cc1. The van der Waals surface area contributed by atoms with Crippen LogP contribution in [0, 0.1) is 3.57 Å². The van der Waals surface area contributed by atoms with E-state index in [4.69, 9.17) is 4.74 Å². The molecule has 2 rings (SSSR count). The number of hydrogen-bond donors (Lipinski definition) is 1. The van der Waals surface area contributed by atoms with Gasteiger partial charge in [-0.3, -0.25) is 0 Å². The molecule has 0 bridgehead atoms. The van der Waals surface area contributed by atoms with Crippen LogP contribution in [0.25, 0.3) is 0 Å². The van der Waals surface area contributed by atoms with Crippen molar-refractivity contribution in [1.29, 1.82) is 0 Å². The van der Waals surface area contributed by atoms with Crippen LogP contribution in [0.2, 0.25) is 0 Å². The molecule has 1 N–H and O–H groups in total. The highest BCUT2D eigenvalue weighted by atomic mass is 127. The Morgan fingerprint density at radius 1 is 1.11 bits per heavy atom. The second kappa shape index (κ2) is 6.91. The van der Waals surface area contributed by atoms with Crippen LogP contribution in [-0.2, 0) is 0 Å².